The van der Waals surface area contributed by atoms with Crippen LogP contribution in [-0.2, 0) is 13.1 Å². The Morgan fingerprint density at radius 2 is 1.57 bits per heavy atom. The van der Waals surface area contributed by atoms with E-state index in [1.807, 2.05) is 6.07 Å². The van der Waals surface area contributed by atoms with Crippen LogP contribution < -0.4 is 10.6 Å². The van der Waals surface area contributed by atoms with Gasteiger partial charge in [-0.15, -0.1) is 0 Å². The van der Waals surface area contributed by atoms with Crippen LogP contribution in [0.2, 0.25) is 0 Å². The number of guanidine groups is 1. The maximum Gasteiger partial charge on any atom is 0.191 e. The molecular weight excluding hydrogens is 272 g/mol. The van der Waals surface area contributed by atoms with Crippen molar-refractivity contribution in [3.63, 3.8) is 0 Å². The van der Waals surface area contributed by atoms with Gasteiger partial charge in [0.15, 0.2) is 5.96 Å². The summed E-state index contributed by atoms with van der Waals surface area (Å²) in [6.07, 6.45) is 0. The lowest BCUT2D eigenvalue weighted by Gasteiger charge is -2.12. The minimum Gasteiger partial charge on any atom is -0.352 e. The van der Waals surface area contributed by atoms with E-state index < -0.39 is 0 Å². The van der Waals surface area contributed by atoms with Crippen molar-refractivity contribution in [2.24, 2.45) is 4.99 Å². The third-order valence-electron chi connectivity index (χ3n) is 2.95. The van der Waals surface area contributed by atoms with Gasteiger partial charge in [-0.1, -0.05) is 24.3 Å². The molecule has 0 saturated carbocycles. The van der Waals surface area contributed by atoms with E-state index in [0.29, 0.717) is 19.0 Å². The fourth-order valence-electron chi connectivity index (χ4n) is 1.84. The zero-order chi connectivity index (χ0) is 15.1. The second-order valence-electron chi connectivity index (χ2n) is 4.54. The van der Waals surface area contributed by atoms with Gasteiger partial charge in [-0.25, -0.2) is 8.78 Å². The average molecular weight is 289 g/mol. The molecule has 0 atom stereocenters. The van der Waals surface area contributed by atoms with Crippen molar-refractivity contribution in [3.05, 3.63) is 71.3 Å². The van der Waals surface area contributed by atoms with Gasteiger partial charge < -0.3 is 10.6 Å². The number of rotatable bonds is 4. The lowest BCUT2D eigenvalue weighted by atomic mass is 10.2. The minimum absolute atomic E-state index is 0.257. The summed E-state index contributed by atoms with van der Waals surface area (Å²) in [7, 11) is 1.66. The van der Waals surface area contributed by atoms with E-state index in [1.54, 1.807) is 25.2 Å². The maximum atomic E-state index is 13.1. The number of hydrogen-bond acceptors (Lipinski definition) is 1. The Labute approximate surface area is 122 Å². The van der Waals surface area contributed by atoms with Crippen LogP contribution in [0.4, 0.5) is 8.78 Å². The fraction of sp³-hybridized carbons (Fsp3) is 0.188. The van der Waals surface area contributed by atoms with Crippen LogP contribution in [0.15, 0.2) is 53.5 Å². The predicted molar refractivity (Wildman–Crippen MR) is 79.8 cm³/mol. The smallest absolute Gasteiger partial charge is 0.191 e. The molecule has 0 radical (unpaired) electrons. The highest BCUT2D eigenvalue weighted by Gasteiger charge is 2.00. The van der Waals surface area contributed by atoms with E-state index in [1.165, 1.54) is 24.3 Å². The van der Waals surface area contributed by atoms with Crippen molar-refractivity contribution in [1.82, 2.24) is 10.6 Å². The van der Waals surface area contributed by atoms with E-state index in [4.69, 9.17) is 0 Å². The van der Waals surface area contributed by atoms with E-state index in [0.717, 1.165) is 11.1 Å². The number of nitrogens with zero attached hydrogens (tertiary/aromatic N) is 1. The normalized spacial score (nSPS) is 11.3. The van der Waals surface area contributed by atoms with Crippen molar-refractivity contribution < 1.29 is 8.78 Å². The van der Waals surface area contributed by atoms with Crippen molar-refractivity contribution >= 4 is 5.96 Å². The molecule has 0 heterocycles. The molecule has 2 aromatic rings. The first-order valence-corrected chi connectivity index (χ1v) is 6.61. The van der Waals surface area contributed by atoms with Gasteiger partial charge in [0.1, 0.15) is 11.6 Å². The highest BCUT2D eigenvalue weighted by molar-refractivity contribution is 5.79. The Balaban J connectivity index is 1.85. The molecule has 0 aliphatic carbocycles. The number of nitrogens with one attached hydrogen (secondary N) is 2. The SMILES string of the molecule is CN=C(NCc1ccc(F)cc1)NCc1cccc(F)c1. The van der Waals surface area contributed by atoms with Crippen molar-refractivity contribution in [2.75, 3.05) is 7.05 Å². The summed E-state index contributed by atoms with van der Waals surface area (Å²) >= 11 is 0. The number of benzene rings is 2. The molecule has 0 fully saturated rings. The molecule has 21 heavy (non-hydrogen) atoms. The number of hydrogen-bond donors (Lipinski definition) is 2. The zero-order valence-corrected chi connectivity index (χ0v) is 11.7. The molecule has 2 rings (SSSR count). The maximum absolute atomic E-state index is 13.1. The molecule has 110 valence electrons. The third kappa shape index (κ3) is 4.87. The highest BCUT2D eigenvalue weighted by atomic mass is 19.1. The van der Waals surface area contributed by atoms with Crippen molar-refractivity contribution in [3.8, 4) is 0 Å². The Morgan fingerprint density at radius 3 is 2.19 bits per heavy atom. The van der Waals surface area contributed by atoms with Crippen LogP contribution in [0, 0.1) is 11.6 Å². The third-order valence-corrected chi connectivity index (χ3v) is 2.95. The first-order valence-electron chi connectivity index (χ1n) is 6.61. The van der Waals surface area contributed by atoms with Crippen LogP contribution >= 0.6 is 0 Å². The summed E-state index contributed by atoms with van der Waals surface area (Å²) in [5.41, 5.74) is 1.78. The molecule has 0 aromatic heterocycles. The highest BCUT2D eigenvalue weighted by Crippen LogP contribution is 2.03. The van der Waals surface area contributed by atoms with Gasteiger partial charge in [-0.05, 0) is 35.4 Å². The second-order valence-corrected chi connectivity index (χ2v) is 4.54. The van der Waals surface area contributed by atoms with Crippen molar-refractivity contribution in [1.29, 1.82) is 0 Å². The molecule has 0 amide bonds. The molecule has 2 N–H and O–H groups in total. The molecule has 0 saturated heterocycles. The molecular formula is C16H17F2N3. The van der Waals surface area contributed by atoms with E-state index in [2.05, 4.69) is 15.6 Å². The van der Waals surface area contributed by atoms with Crippen LogP contribution in [0.1, 0.15) is 11.1 Å². The van der Waals surface area contributed by atoms with Gasteiger partial charge in [0.25, 0.3) is 0 Å². The van der Waals surface area contributed by atoms with E-state index in [-0.39, 0.29) is 11.6 Å². The van der Waals surface area contributed by atoms with Crippen molar-refractivity contribution in [2.45, 2.75) is 13.1 Å². The van der Waals surface area contributed by atoms with Gasteiger partial charge in [0, 0.05) is 20.1 Å². The largest absolute Gasteiger partial charge is 0.352 e. The second kappa shape index (κ2) is 7.38. The summed E-state index contributed by atoms with van der Waals surface area (Å²) in [6, 6.07) is 12.6. The summed E-state index contributed by atoms with van der Waals surface area (Å²) in [4.78, 5) is 4.08. The molecule has 5 heteroatoms. The lowest BCUT2D eigenvalue weighted by Crippen LogP contribution is -2.36. The molecule has 0 unspecified atom stereocenters. The Bertz CT molecular complexity index is 609. The zero-order valence-electron chi connectivity index (χ0n) is 11.7. The van der Waals surface area contributed by atoms with E-state index >= 15 is 0 Å². The van der Waals surface area contributed by atoms with Gasteiger partial charge in [0.2, 0.25) is 0 Å². The monoisotopic (exact) mass is 289 g/mol. The van der Waals surface area contributed by atoms with Gasteiger partial charge >= 0.3 is 0 Å². The fourth-order valence-corrected chi connectivity index (χ4v) is 1.84. The van der Waals surface area contributed by atoms with Gasteiger partial charge in [-0.2, -0.15) is 0 Å². The predicted octanol–water partition coefficient (Wildman–Crippen LogP) is 2.83. The Hall–Kier alpha value is -2.43. The molecule has 0 aliphatic heterocycles. The van der Waals surface area contributed by atoms with Crippen LogP contribution in [-0.4, -0.2) is 13.0 Å². The Kier molecular flexibility index (Phi) is 5.26. The molecule has 3 nitrogen and oxygen atoms in total. The topological polar surface area (TPSA) is 36.4 Å². The first-order chi connectivity index (χ1) is 10.2. The van der Waals surface area contributed by atoms with E-state index in [9.17, 15) is 8.78 Å². The van der Waals surface area contributed by atoms with Crippen LogP contribution in [0.5, 0.6) is 0 Å². The standard InChI is InChI=1S/C16H17F2N3/c1-19-16(20-10-12-5-7-14(17)8-6-12)21-11-13-3-2-4-15(18)9-13/h2-9H,10-11H2,1H3,(H2,19,20,21). The quantitative estimate of drug-likeness (QED) is 0.671. The first kappa shape index (κ1) is 15.0. The molecule has 0 bridgehead atoms. The molecule has 0 aliphatic rings. The van der Waals surface area contributed by atoms with Crippen LogP contribution in [0.3, 0.4) is 0 Å². The minimum atomic E-state index is -0.261. The summed E-state index contributed by atoms with van der Waals surface area (Å²) < 4.78 is 25.9. The number of halogens is 2. The number of aliphatic imine (C=N–C) groups is 1. The van der Waals surface area contributed by atoms with Crippen LogP contribution in [0.25, 0.3) is 0 Å². The lowest BCUT2D eigenvalue weighted by molar-refractivity contribution is 0.624. The summed E-state index contributed by atoms with van der Waals surface area (Å²) in [6.45, 7) is 1.00. The average Bonchev–Trinajstić information content (AvgIpc) is 2.49. The van der Waals surface area contributed by atoms with Gasteiger partial charge in [0.05, 0.1) is 0 Å². The Morgan fingerprint density at radius 1 is 0.905 bits per heavy atom. The molecule has 0 spiro atoms. The van der Waals surface area contributed by atoms with Gasteiger partial charge in [-0.3, -0.25) is 4.99 Å². The summed E-state index contributed by atoms with van der Waals surface area (Å²) in [5, 5.41) is 6.21. The summed E-state index contributed by atoms with van der Waals surface area (Å²) in [5.74, 6) is 0.0829. The molecule has 2 aromatic carbocycles.